The van der Waals surface area contributed by atoms with E-state index in [-0.39, 0.29) is 0 Å². The molecule has 0 bridgehead atoms. The molecular weight excluding hydrogens is 170 g/mol. The first kappa shape index (κ1) is 13.0. The first-order valence-corrected chi connectivity index (χ1v) is 5.42. The summed E-state index contributed by atoms with van der Waals surface area (Å²) in [6, 6.07) is 8.49. The standard InChI is InChI=1S/C10H15N.C3H8/c1-4-9-7-5-6-8-10(9)11(2)3;1-3-2/h5-8H,4H2,1-3H3;3H2,1-2H3. The Morgan fingerprint density at radius 1 is 1.00 bits per heavy atom. The Morgan fingerprint density at radius 2 is 1.50 bits per heavy atom. The first-order valence-electron chi connectivity index (χ1n) is 5.42. The summed E-state index contributed by atoms with van der Waals surface area (Å²) < 4.78 is 0. The van der Waals surface area contributed by atoms with Crippen LogP contribution in [-0.2, 0) is 6.42 Å². The molecule has 0 aliphatic heterocycles. The molecule has 1 nitrogen and oxygen atoms in total. The maximum atomic E-state index is 2.18. The predicted molar refractivity (Wildman–Crippen MR) is 66.1 cm³/mol. The highest BCUT2D eigenvalue weighted by atomic mass is 15.1. The van der Waals surface area contributed by atoms with Crippen LogP contribution in [-0.4, -0.2) is 14.1 Å². The van der Waals surface area contributed by atoms with Gasteiger partial charge in [-0.3, -0.25) is 0 Å². The summed E-state index contributed by atoms with van der Waals surface area (Å²) in [6.07, 6.45) is 2.36. The van der Waals surface area contributed by atoms with Crippen LogP contribution in [0.5, 0.6) is 0 Å². The fourth-order valence-corrected chi connectivity index (χ4v) is 1.25. The maximum Gasteiger partial charge on any atom is 0.0393 e. The highest BCUT2D eigenvalue weighted by Gasteiger charge is 1.99. The summed E-state index contributed by atoms with van der Waals surface area (Å²) in [4.78, 5) is 2.15. The van der Waals surface area contributed by atoms with Gasteiger partial charge in [-0.05, 0) is 18.1 Å². The number of anilines is 1. The number of hydrogen-bond acceptors (Lipinski definition) is 1. The van der Waals surface area contributed by atoms with Gasteiger partial charge >= 0.3 is 0 Å². The number of benzene rings is 1. The van der Waals surface area contributed by atoms with Gasteiger partial charge in [-0.25, -0.2) is 0 Å². The molecule has 0 atom stereocenters. The molecule has 1 aromatic rings. The molecule has 0 saturated heterocycles. The number of nitrogens with zero attached hydrogens (tertiary/aromatic N) is 1. The third-order valence-corrected chi connectivity index (χ3v) is 1.85. The van der Waals surface area contributed by atoms with E-state index in [2.05, 4.69) is 64.0 Å². The molecule has 14 heavy (non-hydrogen) atoms. The molecule has 80 valence electrons. The molecule has 0 N–H and O–H groups in total. The molecule has 0 saturated carbocycles. The van der Waals surface area contributed by atoms with Crippen molar-refractivity contribution in [3.63, 3.8) is 0 Å². The average molecular weight is 193 g/mol. The molecular formula is C13H23N. The van der Waals surface area contributed by atoms with E-state index in [9.17, 15) is 0 Å². The third-order valence-electron chi connectivity index (χ3n) is 1.85. The van der Waals surface area contributed by atoms with Crippen molar-refractivity contribution in [3.8, 4) is 0 Å². The van der Waals surface area contributed by atoms with E-state index in [0.29, 0.717) is 0 Å². The number of hydrogen-bond donors (Lipinski definition) is 0. The van der Waals surface area contributed by atoms with Gasteiger partial charge in [0.1, 0.15) is 0 Å². The van der Waals surface area contributed by atoms with Gasteiger partial charge in [-0.15, -0.1) is 0 Å². The van der Waals surface area contributed by atoms with Crippen molar-refractivity contribution in [2.75, 3.05) is 19.0 Å². The molecule has 0 aromatic heterocycles. The van der Waals surface area contributed by atoms with Crippen LogP contribution in [0.1, 0.15) is 32.8 Å². The Hall–Kier alpha value is -0.980. The van der Waals surface area contributed by atoms with E-state index in [1.807, 2.05) is 0 Å². The lowest BCUT2D eigenvalue weighted by molar-refractivity contribution is 1.06. The van der Waals surface area contributed by atoms with E-state index in [1.165, 1.54) is 17.7 Å². The van der Waals surface area contributed by atoms with Gasteiger partial charge in [0.05, 0.1) is 0 Å². The Kier molecular flexibility index (Phi) is 6.91. The molecule has 0 fully saturated rings. The fourth-order valence-electron chi connectivity index (χ4n) is 1.25. The monoisotopic (exact) mass is 193 g/mol. The molecule has 1 heteroatoms. The minimum atomic E-state index is 1.11. The van der Waals surface area contributed by atoms with Gasteiger partial charge in [-0.2, -0.15) is 0 Å². The SMILES string of the molecule is CCC.CCc1ccccc1N(C)C. The average Bonchev–Trinajstić information content (AvgIpc) is 2.19. The zero-order valence-electron chi connectivity index (χ0n) is 10.2. The van der Waals surface area contributed by atoms with Crippen molar-refractivity contribution in [1.82, 2.24) is 0 Å². The Morgan fingerprint density at radius 3 is 1.86 bits per heavy atom. The molecule has 0 unspecified atom stereocenters. The largest absolute Gasteiger partial charge is 0.377 e. The minimum Gasteiger partial charge on any atom is -0.377 e. The van der Waals surface area contributed by atoms with E-state index in [1.54, 1.807) is 0 Å². The van der Waals surface area contributed by atoms with Gasteiger partial charge in [0, 0.05) is 19.8 Å². The van der Waals surface area contributed by atoms with Crippen LogP contribution in [0.3, 0.4) is 0 Å². The zero-order chi connectivity index (χ0) is 11.0. The van der Waals surface area contributed by atoms with Gasteiger partial charge in [-0.1, -0.05) is 45.4 Å². The van der Waals surface area contributed by atoms with Crippen LogP contribution in [0.4, 0.5) is 5.69 Å². The molecule has 1 aromatic carbocycles. The third kappa shape index (κ3) is 4.31. The van der Waals surface area contributed by atoms with E-state index < -0.39 is 0 Å². The van der Waals surface area contributed by atoms with Crippen LogP contribution in [0.2, 0.25) is 0 Å². The minimum absolute atomic E-state index is 1.11. The molecule has 0 radical (unpaired) electrons. The number of para-hydroxylation sites is 1. The zero-order valence-corrected chi connectivity index (χ0v) is 10.2. The summed E-state index contributed by atoms with van der Waals surface area (Å²) in [7, 11) is 4.16. The quantitative estimate of drug-likeness (QED) is 0.691. The Labute approximate surface area is 88.8 Å². The van der Waals surface area contributed by atoms with Crippen molar-refractivity contribution in [1.29, 1.82) is 0 Å². The maximum absolute atomic E-state index is 2.18. The molecule has 0 heterocycles. The molecule has 0 aliphatic carbocycles. The van der Waals surface area contributed by atoms with Crippen molar-refractivity contribution < 1.29 is 0 Å². The molecule has 0 spiro atoms. The predicted octanol–water partition coefficient (Wildman–Crippen LogP) is 3.73. The lowest BCUT2D eigenvalue weighted by atomic mass is 10.1. The van der Waals surface area contributed by atoms with Crippen molar-refractivity contribution >= 4 is 5.69 Å². The Bertz CT molecular complexity index is 241. The van der Waals surface area contributed by atoms with Crippen LogP contribution < -0.4 is 4.90 Å². The normalized spacial score (nSPS) is 8.93. The fraction of sp³-hybridized carbons (Fsp3) is 0.538. The van der Waals surface area contributed by atoms with Crippen LogP contribution >= 0.6 is 0 Å². The van der Waals surface area contributed by atoms with Gasteiger partial charge in [0.2, 0.25) is 0 Å². The highest BCUT2D eigenvalue weighted by molar-refractivity contribution is 5.52. The first-order chi connectivity index (χ1) is 6.67. The second-order valence-electron chi connectivity index (χ2n) is 3.58. The molecule has 1 rings (SSSR count). The second-order valence-corrected chi connectivity index (χ2v) is 3.58. The van der Waals surface area contributed by atoms with Crippen LogP contribution in [0, 0.1) is 0 Å². The van der Waals surface area contributed by atoms with Crippen molar-refractivity contribution in [2.24, 2.45) is 0 Å². The second kappa shape index (κ2) is 7.43. The molecule has 0 aliphatic rings. The van der Waals surface area contributed by atoms with Crippen LogP contribution in [0.25, 0.3) is 0 Å². The van der Waals surface area contributed by atoms with Crippen molar-refractivity contribution in [2.45, 2.75) is 33.6 Å². The number of aryl methyl sites for hydroxylation is 1. The summed E-state index contributed by atoms with van der Waals surface area (Å²) >= 11 is 0. The lowest BCUT2D eigenvalue weighted by Gasteiger charge is -2.15. The summed E-state index contributed by atoms with van der Waals surface area (Å²) in [5.74, 6) is 0. The van der Waals surface area contributed by atoms with E-state index in [0.717, 1.165) is 6.42 Å². The van der Waals surface area contributed by atoms with E-state index >= 15 is 0 Å². The summed E-state index contributed by atoms with van der Waals surface area (Å²) in [6.45, 7) is 6.43. The molecule has 0 amide bonds. The van der Waals surface area contributed by atoms with Crippen LogP contribution in [0.15, 0.2) is 24.3 Å². The summed E-state index contributed by atoms with van der Waals surface area (Å²) in [5.41, 5.74) is 2.74. The lowest BCUT2D eigenvalue weighted by Crippen LogP contribution is -2.10. The summed E-state index contributed by atoms with van der Waals surface area (Å²) in [5, 5.41) is 0. The van der Waals surface area contributed by atoms with E-state index in [4.69, 9.17) is 0 Å². The van der Waals surface area contributed by atoms with Gasteiger partial charge in [0.25, 0.3) is 0 Å². The van der Waals surface area contributed by atoms with Gasteiger partial charge < -0.3 is 4.90 Å². The number of rotatable bonds is 2. The highest BCUT2D eigenvalue weighted by Crippen LogP contribution is 2.17. The van der Waals surface area contributed by atoms with Gasteiger partial charge in [0.15, 0.2) is 0 Å². The Balaban J connectivity index is 0.000000500. The smallest absolute Gasteiger partial charge is 0.0393 e. The topological polar surface area (TPSA) is 3.24 Å². The van der Waals surface area contributed by atoms with Crippen molar-refractivity contribution in [3.05, 3.63) is 29.8 Å².